The van der Waals surface area contributed by atoms with Gasteiger partial charge in [0.2, 0.25) is 11.8 Å². The summed E-state index contributed by atoms with van der Waals surface area (Å²) in [4.78, 5) is 41.7. The van der Waals surface area contributed by atoms with E-state index < -0.39 is 5.54 Å². The van der Waals surface area contributed by atoms with Crippen molar-refractivity contribution in [2.45, 2.75) is 77.9 Å². The normalized spacial score (nSPS) is 20.6. The molecule has 1 aliphatic heterocycles. The Balaban J connectivity index is 1.86. The molecule has 34 heavy (non-hydrogen) atoms. The maximum absolute atomic E-state index is 14.2. The Hall–Kier alpha value is -3.03. The first-order chi connectivity index (χ1) is 16.2. The number of ether oxygens (including phenoxy) is 1. The lowest BCUT2D eigenvalue weighted by molar-refractivity contribution is -0.134. The van der Waals surface area contributed by atoms with Gasteiger partial charge >= 0.3 is 0 Å². The molecule has 2 aliphatic rings. The Morgan fingerprint density at radius 2 is 1.94 bits per heavy atom. The van der Waals surface area contributed by atoms with Gasteiger partial charge in [0.25, 0.3) is 5.91 Å². The van der Waals surface area contributed by atoms with E-state index in [1.807, 2.05) is 34.6 Å². The number of fused-ring (bicyclic) bond motifs is 3. The van der Waals surface area contributed by atoms with Gasteiger partial charge in [0.1, 0.15) is 17.0 Å². The predicted molar refractivity (Wildman–Crippen MR) is 132 cm³/mol. The summed E-state index contributed by atoms with van der Waals surface area (Å²) in [5.41, 5.74) is 0.671. The van der Waals surface area contributed by atoms with Crippen LogP contribution in [0.25, 0.3) is 10.9 Å². The average Bonchev–Trinajstić information content (AvgIpc) is 3.40. The van der Waals surface area contributed by atoms with E-state index in [2.05, 4.69) is 24.5 Å². The van der Waals surface area contributed by atoms with E-state index >= 15 is 0 Å². The highest BCUT2D eigenvalue weighted by Gasteiger charge is 2.51. The number of anilines is 1. The number of aromatic nitrogens is 1. The third-order valence-electron chi connectivity index (χ3n) is 7.18. The van der Waals surface area contributed by atoms with E-state index in [-0.39, 0.29) is 23.8 Å². The molecule has 2 N–H and O–H groups in total. The zero-order valence-corrected chi connectivity index (χ0v) is 20.9. The number of nitrogens with one attached hydrogen (secondary N) is 2. The van der Waals surface area contributed by atoms with E-state index in [1.54, 1.807) is 7.11 Å². The second kappa shape index (κ2) is 9.31. The Bertz CT molecular complexity index is 1120. The molecule has 1 aromatic carbocycles. The Labute approximate surface area is 201 Å². The van der Waals surface area contributed by atoms with Crippen LogP contribution in [0.4, 0.5) is 5.69 Å². The van der Waals surface area contributed by atoms with Crippen molar-refractivity contribution >= 4 is 34.3 Å². The zero-order valence-electron chi connectivity index (χ0n) is 20.9. The molecule has 1 atom stereocenters. The number of methoxy groups -OCH3 is 1. The first-order valence-electron chi connectivity index (χ1n) is 12.3. The highest BCUT2D eigenvalue weighted by atomic mass is 16.5. The lowest BCUT2D eigenvalue weighted by Crippen LogP contribution is -2.66. The summed E-state index contributed by atoms with van der Waals surface area (Å²) in [6.07, 6.45) is 4.72. The van der Waals surface area contributed by atoms with Crippen molar-refractivity contribution in [1.82, 2.24) is 14.8 Å². The van der Waals surface area contributed by atoms with Gasteiger partial charge in [-0.25, -0.2) is 0 Å². The van der Waals surface area contributed by atoms with Crippen LogP contribution in [0.15, 0.2) is 18.2 Å². The summed E-state index contributed by atoms with van der Waals surface area (Å²) in [5, 5.41) is 6.72. The number of hydrogen-bond donors (Lipinski definition) is 2. The second-order valence-electron chi connectivity index (χ2n) is 10.2. The average molecular weight is 469 g/mol. The Morgan fingerprint density at radius 3 is 2.56 bits per heavy atom. The maximum Gasteiger partial charge on any atom is 0.273 e. The fourth-order valence-electron chi connectivity index (χ4n) is 5.45. The quantitative estimate of drug-likeness (QED) is 0.644. The van der Waals surface area contributed by atoms with Gasteiger partial charge in [-0.15, -0.1) is 0 Å². The summed E-state index contributed by atoms with van der Waals surface area (Å²) in [6.45, 7) is 8.46. The molecule has 3 amide bonds. The topological polar surface area (TPSA) is 92.7 Å². The van der Waals surface area contributed by atoms with Crippen LogP contribution in [0.1, 0.15) is 70.3 Å². The Kier molecular flexibility index (Phi) is 6.60. The molecule has 0 spiro atoms. The summed E-state index contributed by atoms with van der Waals surface area (Å²) in [5.74, 6) is 0.519. The van der Waals surface area contributed by atoms with Gasteiger partial charge in [-0.1, -0.05) is 26.7 Å². The highest BCUT2D eigenvalue weighted by Crippen LogP contribution is 2.42. The zero-order chi connectivity index (χ0) is 24.6. The monoisotopic (exact) mass is 468 g/mol. The van der Waals surface area contributed by atoms with Gasteiger partial charge < -0.3 is 24.8 Å². The molecule has 1 unspecified atom stereocenters. The molecule has 8 nitrogen and oxygen atoms in total. The summed E-state index contributed by atoms with van der Waals surface area (Å²) < 4.78 is 7.30. The molecule has 0 saturated heterocycles. The first-order valence-corrected chi connectivity index (χ1v) is 12.3. The molecule has 2 heterocycles. The van der Waals surface area contributed by atoms with Gasteiger partial charge in [0, 0.05) is 24.9 Å². The second-order valence-corrected chi connectivity index (χ2v) is 10.2. The van der Waals surface area contributed by atoms with Crippen molar-refractivity contribution in [1.29, 1.82) is 0 Å². The summed E-state index contributed by atoms with van der Waals surface area (Å²) in [6, 6.07) is 5.55. The van der Waals surface area contributed by atoms with Crippen LogP contribution < -0.4 is 15.4 Å². The number of amides is 3. The van der Waals surface area contributed by atoms with Crippen LogP contribution in [-0.2, 0) is 16.1 Å². The number of carbonyl (C=O) groups excluding carboxylic acids is 3. The fourth-order valence-corrected chi connectivity index (χ4v) is 5.45. The molecule has 8 heteroatoms. The minimum atomic E-state index is -1.03. The Morgan fingerprint density at radius 1 is 1.24 bits per heavy atom. The molecule has 1 aliphatic carbocycles. The van der Waals surface area contributed by atoms with Crippen molar-refractivity contribution in [3.05, 3.63) is 23.9 Å². The molecule has 184 valence electrons. The minimum absolute atomic E-state index is 0.000162. The van der Waals surface area contributed by atoms with Crippen LogP contribution in [-0.4, -0.2) is 52.4 Å². The number of benzene rings is 1. The fraction of sp³-hybridized carbons (Fsp3) is 0.577. The van der Waals surface area contributed by atoms with E-state index in [1.165, 1.54) is 6.92 Å². The smallest absolute Gasteiger partial charge is 0.273 e. The molecule has 4 rings (SSSR count). The maximum atomic E-state index is 14.2. The lowest BCUT2D eigenvalue weighted by atomic mass is 9.91. The van der Waals surface area contributed by atoms with Crippen molar-refractivity contribution < 1.29 is 19.1 Å². The lowest BCUT2D eigenvalue weighted by Gasteiger charge is -2.47. The van der Waals surface area contributed by atoms with Gasteiger partial charge in [-0.2, -0.15) is 0 Å². The standard InChI is InChI=1S/C26H36N4O4/c1-16(2)12-13-27-25(33)26(4)15-29-21-11-10-19(34-5)14-20(21)22(28-17(3)31)23(29)24(32)30(26)18-8-6-7-9-18/h10-11,14,16,18H,6-9,12-13,15H2,1-5H3,(H,27,33)(H,28,31). The molecule has 0 radical (unpaired) electrons. The molecule has 1 aromatic heterocycles. The summed E-state index contributed by atoms with van der Waals surface area (Å²) >= 11 is 0. The SMILES string of the molecule is COc1ccc2c(c1)c(NC(C)=O)c1n2CC(C)(C(=O)NCCC(C)C)N(C2CCCC2)C1=O. The number of hydrogen-bond acceptors (Lipinski definition) is 4. The predicted octanol–water partition coefficient (Wildman–Crippen LogP) is 3.93. The van der Waals surface area contributed by atoms with E-state index in [0.29, 0.717) is 36.1 Å². The van der Waals surface area contributed by atoms with Gasteiger partial charge in [0.15, 0.2) is 0 Å². The molecule has 1 saturated carbocycles. The highest BCUT2D eigenvalue weighted by molar-refractivity contribution is 6.14. The van der Waals surface area contributed by atoms with Crippen molar-refractivity contribution in [3.63, 3.8) is 0 Å². The van der Waals surface area contributed by atoms with E-state index in [0.717, 1.165) is 43.0 Å². The van der Waals surface area contributed by atoms with Gasteiger partial charge in [-0.3, -0.25) is 14.4 Å². The largest absolute Gasteiger partial charge is 0.497 e. The van der Waals surface area contributed by atoms with Gasteiger partial charge in [-0.05, 0) is 50.3 Å². The molecular weight excluding hydrogens is 432 g/mol. The van der Waals surface area contributed by atoms with Crippen molar-refractivity contribution in [2.24, 2.45) is 5.92 Å². The number of carbonyl (C=O) groups is 3. The van der Waals surface area contributed by atoms with Crippen molar-refractivity contribution in [2.75, 3.05) is 19.0 Å². The third-order valence-corrected chi connectivity index (χ3v) is 7.18. The van der Waals surface area contributed by atoms with Crippen LogP contribution >= 0.6 is 0 Å². The number of rotatable bonds is 7. The van der Waals surface area contributed by atoms with E-state index in [9.17, 15) is 14.4 Å². The molecule has 0 bridgehead atoms. The van der Waals surface area contributed by atoms with Crippen LogP contribution in [0.2, 0.25) is 0 Å². The van der Waals surface area contributed by atoms with Crippen LogP contribution in [0, 0.1) is 5.92 Å². The minimum Gasteiger partial charge on any atom is -0.497 e. The summed E-state index contributed by atoms with van der Waals surface area (Å²) in [7, 11) is 1.58. The third kappa shape index (κ3) is 4.14. The van der Waals surface area contributed by atoms with Crippen LogP contribution in [0.5, 0.6) is 5.75 Å². The van der Waals surface area contributed by atoms with Gasteiger partial charge in [0.05, 0.1) is 24.9 Å². The molecule has 2 aromatic rings. The van der Waals surface area contributed by atoms with E-state index in [4.69, 9.17) is 4.74 Å². The molecular formula is C26H36N4O4. The number of nitrogens with zero attached hydrogens (tertiary/aromatic N) is 2. The van der Waals surface area contributed by atoms with Crippen molar-refractivity contribution in [3.8, 4) is 5.75 Å². The first kappa shape index (κ1) is 24.1. The van der Waals surface area contributed by atoms with Crippen LogP contribution in [0.3, 0.4) is 0 Å². The molecule has 1 fully saturated rings.